The van der Waals surface area contributed by atoms with E-state index in [4.69, 9.17) is 9.47 Å². The molecule has 0 radical (unpaired) electrons. The molecule has 0 bridgehead atoms. The van der Waals surface area contributed by atoms with E-state index < -0.39 is 42.1 Å². The van der Waals surface area contributed by atoms with Crippen molar-refractivity contribution < 1.29 is 38.6 Å². The fourth-order valence-corrected chi connectivity index (χ4v) is 4.73. The summed E-state index contributed by atoms with van der Waals surface area (Å²) in [5.41, 5.74) is 2.55. The number of benzene rings is 3. The van der Waals surface area contributed by atoms with E-state index >= 15 is 0 Å². The first-order valence-corrected chi connectivity index (χ1v) is 14.7. The molecule has 0 fully saturated rings. The van der Waals surface area contributed by atoms with Gasteiger partial charge in [-0.15, -0.1) is 0 Å². The van der Waals surface area contributed by atoms with Gasteiger partial charge in [-0.25, -0.2) is 14.4 Å². The van der Waals surface area contributed by atoms with Crippen LogP contribution < -0.4 is 16.0 Å². The number of para-hydroxylation sites is 1. The lowest BCUT2D eigenvalue weighted by Crippen LogP contribution is -2.54. The molecule has 46 heavy (non-hydrogen) atoms. The van der Waals surface area contributed by atoms with Crippen LogP contribution in [0.2, 0.25) is 0 Å². The number of fused-ring (bicyclic) bond motifs is 1. The number of alkyl carbamates (subject to hydrolysis) is 2. The van der Waals surface area contributed by atoms with Gasteiger partial charge in [-0.3, -0.25) is 14.2 Å². The number of carbonyl (C=O) groups excluding carboxylic acids is 4. The molecule has 4 rings (SSSR count). The Morgan fingerprint density at radius 2 is 1.33 bits per heavy atom. The van der Waals surface area contributed by atoms with Crippen LogP contribution in [0.4, 0.5) is 9.59 Å². The molecular formula is C34H36N4O8. The third kappa shape index (κ3) is 9.18. The number of nitrogens with zero attached hydrogens (tertiary/aromatic N) is 1. The second kappa shape index (κ2) is 15.9. The second-order valence-electron chi connectivity index (χ2n) is 10.9. The summed E-state index contributed by atoms with van der Waals surface area (Å²) >= 11 is 0. The number of hydrogen-bond acceptors (Lipinski definition) is 7. The second-order valence-corrected chi connectivity index (χ2v) is 10.9. The third-order valence-electron chi connectivity index (χ3n) is 7.13. The summed E-state index contributed by atoms with van der Waals surface area (Å²) in [6, 6.07) is 22.6. The molecule has 240 valence electrons. The Labute approximate surface area is 265 Å². The summed E-state index contributed by atoms with van der Waals surface area (Å²) in [5, 5.41) is 18.1. The number of aliphatic carboxylic acids is 1. The van der Waals surface area contributed by atoms with Crippen molar-refractivity contribution in [2.75, 3.05) is 6.54 Å². The number of carboxylic acids is 1. The van der Waals surface area contributed by atoms with Gasteiger partial charge in [-0.05, 0) is 28.7 Å². The summed E-state index contributed by atoms with van der Waals surface area (Å²) in [4.78, 5) is 63.2. The maximum Gasteiger partial charge on any atom is 0.408 e. The molecule has 12 nitrogen and oxygen atoms in total. The van der Waals surface area contributed by atoms with Crippen molar-refractivity contribution in [3.05, 3.63) is 108 Å². The van der Waals surface area contributed by atoms with E-state index in [1.54, 1.807) is 74.5 Å². The van der Waals surface area contributed by atoms with Crippen LogP contribution in [0.3, 0.4) is 0 Å². The van der Waals surface area contributed by atoms with E-state index in [9.17, 15) is 29.1 Å². The average molecular weight is 629 g/mol. The summed E-state index contributed by atoms with van der Waals surface area (Å²) in [6.07, 6.45) is -0.244. The minimum Gasteiger partial charge on any atom is -0.480 e. The van der Waals surface area contributed by atoms with Crippen LogP contribution in [-0.4, -0.2) is 58.3 Å². The van der Waals surface area contributed by atoms with Crippen LogP contribution in [0.1, 0.15) is 35.3 Å². The Bertz CT molecular complexity index is 1670. The molecule has 0 aliphatic rings. The van der Waals surface area contributed by atoms with E-state index in [0.717, 1.165) is 11.1 Å². The van der Waals surface area contributed by atoms with Crippen LogP contribution in [0.25, 0.3) is 10.9 Å². The quantitative estimate of drug-likeness (QED) is 0.170. The van der Waals surface area contributed by atoms with E-state index in [2.05, 4.69) is 16.0 Å². The van der Waals surface area contributed by atoms with Gasteiger partial charge in [0.05, 0.1) is 5.52 Å². The van der Waals surface area contributed by atoms with Crippen molar-refractivity contribution in [3.63, 3.8) is 0 Å². The molecule has 12 heteroatoms. The first-order valence-electron chi connectivity index (χ1n) is 14.7. The normalized spacial score (nSPS) is 12.2. The topological polar surface area (TPSA) is 165 Å². The van der Waals surface area contributed by atoms with Crippen LogP contribution in [0, 0.1) is 5.92 Å². The number of aromatic nitrogens is 1. The minimum atomic E-state index is -1.38. The van der Waals surface area contributed by atoms with Gasteiger partial charge in [0.15, 0.2) is 0 Å². The van der Waals surface area contributed by atoms with Gasteiger partial charge in [0.25, 0.3) is 5.91 Å². The van der Waals surface area contributed by atoms with Crippen LogP contribution in [0.15, 0.2) is 91.1 Å². The van der Waals surface area contributed by atoms with E-state index in [-0.39, 0.29) is 32.1 Å². The lowest BCUT2D eigenvalue weighted by Gasteiger charge is -2.23. The lowest BCUT2D eigenvalue weighted by atomic mass is 10.0. The summed E-state index contributed by atoms with van der Waals surface area (Å²) in [6.45, 7) is 3.10. The molecule has 4 aromatic rings. The summed E-state index contributed by atoms with van der Waals surface area (Å²) in [5.74, 6) is -2.86. The maximum atomic E-state index is 13.2. The van der Waals surface area contributed by atoms with Gasteiger partial charge < -0.3 is 30.5 Å². The first-order chi connectivity index (χ1) is 22.1. The molecule has 0 saturated heterocycles. The standard InChI is InChI=1S/C34H36N4O8/c1-22(2)30(37-34(44)46-21-24-13-7-4-8-14-24)31(40)36-27(32(41)42)17-25-19-38(28-16-10-9-15-26(25)28)29(39)18-35-33(43)45-20-23-11-5-3-6-12-23/h3-16,19,22,27,30H,17-18,20-21H2,1-2H3,(H,35,43)(H,36,40)(H,37,44)(H,41,42)/t27-,30-/m0/s1. The molecule has 0 saturated carbocycles. The van der Waals surface area contributed by atoms with Crippen molar-refractivity contribution >= 4 is 40.9 Å². The van der Waals surface area contributed by atoms with Gasteiger partial charge in [-0.1, -0.05) is 92.7 Å². The lowest BCUT2D eigenvalue weighted by molar-refractivity contribution is -0.142. The Balaban J connectivity index is 1.40. The largest absolute Gasteiger partial charge is 0.480 e. The fourth-order valence-electron chi connectivity index (χ4n) is 4.73. The first kappa shape index (κ1) is 33.2. The number of hydrogen-bond donors (Lipinski definition) is 4. The van der Waals surface area contributed by atoms with Crippen molar-refractivity contribution in [3.8, 4) is 0 Å². The highest BCUT2D eigenvalue weighted by Crippen LogP contribution is 2.23. The van der Waals surface area contributed by atoms with Crippen molar-refractivity contribution in [2.24, 2.45) is 5.92 Å². The minimum absolute atomic E-state index is 0.00400. The van der Waals surface area contributed by atoms with Crippen LogP contribution in [-0.2, 0) is 38.7 Å². The van der Waals surface area contributed by atoms with Crippen molar-refractivity contribution in [1.82, 2.24) is 20.5 Å². The van der Waals surface area contributed by atoms with Crippen molar-refractivity contribution in [2.45, 2.75) is 45.6 Å². The zero-order valence-corrected chi connectivity index (χ0v) is 25.5. The highest BCUT2D eigenvalue weighted by Gasteiger charge is 2.30. The van der Waals surface area contributed by atoms with Crippen LogP contribution in [0.5, 0.6) is 0 Å². The van der Waals surface area contributed by atoms with Gasteiger partial charge in [0, 0.05) is 18.0 Å². The highest BCUT2D eigenvalue weighted by molar-refractivity contribution is 5.96. The molecule has 0 unspecified atom stereocenters. The number of nitrogens with one attached hydrogen (secondary N) is 3. The Morgan fingerprint density at radius 3 is 1.91 bits per heavy atom. The molecule has 3 amide bonds. The Morgan fingerprint density at radius 1 is 0.761 bits per heavy atom. The number of carbonyl (C=O) groups is 5. The molecular weight excluding hydrogens is 592 g/mol. The van der Waals surface area contributed by atoms with Crippen molar-refractivity contribution in [1.29, 1.82) is 0 Å². The molecule has 0 aliphatic heterocycles. The van der Waals surface area contributed by atoms with E-state index in [0.29, 0.717) is 16.5 Å². The molecule has 3 aromatic carbocycles. The SMILES string of the molecule is CC(C)[C@H](NC(=O)OCc1ccccc1)C(=O)N[C@@H](Cc1cn(C(=O)CNC(=O)OCc2ccccc2)c2ccccc12)C(=O)O. The molecule has 1 heterocycles. The number of rotatable bonds is 13. The molecule has 0 aliphatic carbocycles. The van der Waals surface area contributed by atoms with Gasteiger partial charge in [-0.2, -0.15) is 0 Å². The van der Waals surface area contributed by atoms with Gasteiger partial charge >= 0.3 is 18.2 Å². The molecule has 1 aromatic heterocycles. The van der Waals surface area contributed by atoms with E-state index in [1.807, 2.05) is 24.3 Å². The zero-order valence-electron chi connectivity index (χ0n) is 25.5. The van der Waals surface area contributed by atoms with Gasteiger partial charge in [0.2, 0.25) is 5.91 Å². The Kier molecular flexibility index (Phi) is 11.5. The third-order valence-corrected chi connectivity index (χ3v) is 7.13. The number of carboxylic acid groups (broad SMARTS) is 1. The van der Waals surface area contributed by atoms with Crippen LogP contribution >= 0.6 is 0 Å². The van der Waals surface area contributed by atoms with E-state index in [1.165, 1.54) is 10.8 Å². The molecule has 2 atom stereocenters. The maximum absolute atomic E-state index is 13.2. The summed E-state index contributed by atoms with van der Waals surface area (Å²) < 4.78 is 11.7. The van der Waals surface area contributed by atoms with Gasteiger partial charge in [0.1, 0.15) is 31.8 Å². The summed E-state index contributed by atoms with van der Waals surface area (Å²) in [7, 11) is 0. The molecule has 4 N–H and O–H groups in total. The number of ether oxygens (including phenoxy) is 2. The predicted molar refractivity (Wildman–Crippen MR) is 169 cm³/mol. The fraction of sp³-hybridized carbons (Fsp3) is 0.265. The predicted octanol–water partition coefficient (Wildman–Crippen LogP) is 4.27. The zero-order chi connectivity index (χ0) is 33.1. The Hall–Kier alpha value is -5.65. The average Bonchev–Trinajstić information content (AvgIpc) is 3.43. The highest BCUT2D eigenvalue weighted by atomic mass is 16.6. The molecule has 0 spiro atoms. The monoisotopic (exact) mass is 628 g/mol. The smallest absolute Gasteiger partial charge is 0.408 e. The number of amides is 3.